The molecule has 1 N–H and O–H groups in total. The van der Waals surface area contributed by atoms with Crippen LogP contribution in [0.25, 0.3) is 11.1 Å². The summed E-state index contributed by atoms with van der Waals surface area (Å²) in [6, 6.07) is 12.7. The van der Waals surface area contributed by atoms with Crippen LogP contribution < -0.4 is 4.74 Å². The van der Waals surface area contributed by atoms with Crippen LogP contribution in [0.2, 0.25) is 0 Å². The molecule has 0 heterocycles. The van der Waals surface area contributed by atoms with E-state index in [1.165, 1.54) is 0 Å². The van der Waals surface area contributed by atoms with Crippen molar-refractivity contribution < 1.29 is 14.6 Å². The summed E-state index contributed by atoms with van der Waals surface area (Å²) in [6.45, 7) is 3.88. The topological polar surface area (TPSA) is 46.5 Å². The number of hydrogen-bond donors (Lipinski definition) is 1. The summed E-state index contributed by atoms with van der Waals surface area (Å²) in [4.78, 5) is 11.4. The minimum atomic E-state index is -0.958. The third-order valence-corrected chi connectivity index (χ3v) is 3.25. The van der Waals surface area contributed by atoms with E-state index >= 15 is 0 Å². The number of carboxylic acids is 1. The molecule has 0 aromatic heterocycles. The van der Waals surface area contributed by atoms with E-state index in [-0.39, 0.29) is 11.7 Å². The van der Waals surface area contributed by atoms with Crippen LogP contribution in [0.15, 0.2) is 46.9 Å². The predicted octanol–water partition coefficient (Wildman–Crippen LogP) is 4.60. The summed E-state index contributed by atoms with van der Waals surface area (Å²) in [5.41, 5.74) is 1.68. The number of halogens is 1. The monoisotopic (exact) mass is 334 g/mol. The van der Waals surface area contributed by atoms with Gasteiger partial charge in [0, 0.05) is 10.0 Å². The molecule has 2 aromatic rings. The van der Waals surface area contributed by atoms with Crippen LogP contribution in [-0.4, -0.2) is 17.2 Å². The van der Waals surface area contributed by atoms with Crippen LogP contribution in [0.3, 0.4) is 0 Å². The lowest BCUT2D eigenvalue weighted by Crippen LogP contribution is -2.07. The fourth-order valence-electron chi connectivity index (χ4n) is 1.97. The predicted molar refractivity (Wildman–Crippen MR) is 82.3 cm³/mol. The molecular formula is C16H15BrO3. The Labute approximate surface area is 126 Å². The highest BCUT2D eigenvalue weighted by Gasteiger charge is 2.15. The highest BCUT2D eigenvalue weighted by Crippen LogP contribution is 2.34. The number of aromatic carboxylic acids is 1. The average Bonchev–Trinajstić information content (AvgIpc) is 2.39. The Balaban J connectivity index is 2.59. The molecule has 0 bridgehead atoms. The number of para-hydroxylation sites is 1. The summed E-state index contributed by atoms with van der Waals surface area (Å²) in [6.07, 6.45) is 0.0277. The lowest BCUT2D eigenvalue weighted by atomic mass is 9.99. The van der Waals surface area contributed by atoms with Gasteiger partial charge in [0.25, 0.3) is 0 Å². The first kappa shape index (κ1) is 14.6. The van der Waals surface area contributed by atoms with Crippen LogP contribution in [0.4, 0.5) is 0 Å². The standard InChI is InChI=1S/C16H15BrO3/c1-10(2)20-15-6-4-3-5-13(15)12-8-7-11(17)9-14(12)16(18)19/h3-10H,1-2H3,(H,18,19). The molecular weight excluding hydrogens is 320 g/mol. The highest BCUT2D eigenvalue weighted by molar-refractivity contribution is 9.10. The summed E-state index contributed by atoms with van der Waals surface area (Å²) in [5, 5.41) is 9.36. The fourth-order valence-corrected chi connectivity index (χ4v) is 2.34. The maximum absolute atomic E-state index is 11.4. The molecule has 0 saturated carbocycles. The Bertz CT molecular complexity index is 635. The number of carboxylic acid groups (broad SMARTS) is 1. The average molecular weight is 335 g/mol. The molecule has 0 aliphatic heterocycles. The molecule has 0 spiro atoms. The summed E-state index contributed by atoms with van der Waals surface area (Å²) in [5.74, 6) is -0.270. The molecule has 0 aliphatic carbocycles. The summed E-state index contributed by atoms with van der Waals surface area (Å²) in [7, 11) is 0. The molecule has 0 aliphatic rings. The third-order valence-electron chi connectivity index (χ3n) is 2.75. The van der Waals surface area contributed by atoms with Crippen molar-refractivity contribution in [2.45, 2.75) is 20.0 Å². The van der Waals surface area contributed by atoms with E-state index < -0.39 is 5.97 Å². The van der Waals surface area contributed by atoms with Crippen LogP contribution in [0.1, 0.15) is 24.2 Å². The van der Waals surface area contributed by atoms with Gasteiger partial charge in [0.05, 0.1) is 11.7 Å². The minimum absolute atomic E-state index is 0.0277. The Hall–Kier alpha value is -1.81. The third kappa shape index (κ3) is 3.20. The molecule has 104 valence electrons. The van der Waals surface area contributed by atoms with Gasteiger partial charge in [0.15, 0.2) is 0 Å². The zero-order valence-corrected chi connectivity index (χ0v) is 12.8. The van der Waals surface area contributed by atoms with Gasteiger partial charge in [-0.1, -0.05) is 40.2 Å². The number of benzene rings is 2. The molecule has 4 heteroatoms. The van der Waals surface area contributed by atoms with Gasteiger partial charge in [-0.05, 0) is 37.6 Å². The molecule has 0 radical (unpaired) electrons. The van der Waals surface area contributed by atoms with Gasteiger partial charge in [-0.25, -0.2) is 4.79 Å². The number of hydrogen-bond acceptors (Lipinski definition) is 2. The second-order valence-corrected chi connectivity index (χ2v) is 5.57. The van der Waals surface area contributed by atoms with Crippen molar-refractivity contribution >= 4 is 21.9 Å². The van der Waals surface area contributed by atoms with Crippen molar-refractivity contribution in [1.82, 2.24) is 0 Å². The molecule has 20 heavy (non-hydrogen) atoms. The minimum Gasteiger partial charge on any atom is -0.490 e. The normalized spacial score (nSPS) is 10.6. The molecule has 0 saturated heterocycles. The molecule has 3 nitrogen and oxygen atoms in total. The Morgan fingerprint density at radius 3 is 2.50 bits per heavy atom. The molecule has 0 unspecified atom stereocenters. The van der Waals surface area contributed by atoms with Gasteiger partial charge in [0.1, 0.15) is 5.75 Å². The van der Waals surface area contributed by atoms with Crippen LogP contribution in [0, 0.1) is 0 Å². The lowest BCUT2D eigenvalue weighted by molar-refractivity contribution is 0.0697. The van der Waals surface area contributed by atoms with Crippen molar-refractivity contribution in [2.24, 2.45) is 0 Å². The van der Waals surface area contributed by atoms with Gasteiger partial charge < -0.3 is 9.84 Å². The van der Waals surface area contributed by atoms with Crippen molar-refractivity contribution in [3.05, 3.63) is 52.5 Å². The van der Waals surface area contributed by atoms with Gasteiger partial charge >= 0.3 is 5.97 Å². The first-order valence-electron chi connectivity index (χ1n) is 6.28. The second kappa shape index (κ2) is 6.09. The molecule has 0 amide bonds. The van der Waals surface area contributed by atoms with Gasteiger partial charge in [0.2, 0.25) is 0 Å². The van der Waals surface area contributed by atoms with Crippen molar-refractivity contribution in [3.8, 4) is 16.9 Å². The Kier molecular flexibility index (Phi) is 4.45. The zero-order chi connectivity index (χ0) is 14.7. The van der Waals surface area contributed by atoms with E-state index in [1.54, 1.807) is 12.1 Å². The number of rotatable bonds is 4. The van der Waals surface area contributed by atoms with Crippen molar-refractivity contribution in [1.29, 1.82) is 0 Å². The molecule has 0 fully saturated rings. The van der Waals surface area contributed by atoms with E-state index in [4.69, 9.17) is 4.74 Å². The van der Waals surface area contributed by atoms with Crippen LogP contribution in [0.5, 0.6) is 5.75 Å². The van der Waals surface area contributed by atoms with Crippen LogP contribution in [-0.2, 0) is 0 Å². The van der Waals surface area contributed by atoms with Crippen molar-refractivity contribution in [2.75, 3.05) is 0 Å². The first-order chi connectivity index (χ1) is 9.49. The number of carbonyl (C=O) groups is 1. The fraction of sp³-hybridized carbons (Fsp3) is 0.188. The maximum atomic E-state index is 11.4. The first-order valence-corrected chi connectivity index (χ1v) is 7.07. The van der Waals surface area contributed by atoms with E-state index in [1.807, 2.05) is 44.2 Å². The van der Waals surface area contributed by atoms with E-state index in [0.717, 1.165) is 10.0 Å². The second-order valence-electron chi connectivity index (χ2n) is 4.66. The SMILES string of the molecule is CC(C)Oc1ccccc1-c1ccc(Br)cc1C(=O)O. The van der Waals surface area contributed by atoms with Crippen LogP contribution >= 0.6 is 15.9 Å². The lowest BCUT2D eigenvalue weighted by Gasteiger charge is -2.15. The highest BCUT2D eigenvalue weighted by atomic mass is 79.9. The summed E-state index contributed by atoms with van der Waals surface area (Å²) >= 11 is 3.30. The van der Waals surface area contributed by atoms with E-state index in [2.05, 4.69) is 15.9 Å². The Morgan fingerprint density at radius 1 is 1.15 bits per heavy atom. The van der Waals surface area contributed by atoms with E-state index in [9.17, 15) is 9.90 Å². The van der Waals surface area contributed by atoms with E-state index in [0.29, 0.717) is 11.3 Å². The largest absolute Gasteiger partial charge is 0.490 e. The number of ether oxygens (including phenoxy) is 1. The van der Waals surface area contributed by atoms with Crippen molar-refractivity contribution in [3.63, 3.8) is 0 Å². The zero-order valence-electron chi connectivity index (χ0n) is 11.3. The quantitative estimate of drug-likeness (QED) is 0.888. The van der Waals surface area contributed by atoms with Gasteiger partial charge in [-0.3, -0.25) is 0 Å². The summed E-state index contributed by atoms with van der Waals surface area (Å²) < 4.78 is 6.50. The van der Waals surface area contributed by atoms with Gasteiger partial charge in [-0.15, -0.1) is 0 Å². The molecule has 2 aromatic carbocycles. The molecule has 0 atom stereocenters. The smallest absolute Gasteiger partial charge is 0.336 e. The maximum Gasteiger partial charge on any atom is 0.336 e. The van der Waals surface area contributed by atoms with Gasteiger partial charge in [-0.2, -0.15) is 0 Å². The Morgan fingerprint density at radius 2 is 1.85 bits per heavy atom. The molecule has 2 rings (SSSR count).